The minimum atomic E-state index is -0.296. The van der Waals surface area contributed by atoms with Gasteiger partial charge in [0.1, 0.15) is 6.04 Å². The van der Waals surface area contributed by atoms with Crippen LogP contribution in [0.2, 0.25) is 0 Å². The lowest BCUT2D eigenvalue weighted by Crippen LogP contribution is -2.41. The average Bonchev–Trinajstić information content (AvgIpc) is 2.67. The second-order valence-corrected chi connectivity index (χ2v) is 3.30. The summed E-state index contributed by atoms with van der Waals surface area (Å²) in [4.78, 5) is 21.2. The molecule has 2 N–H and O–H groups in total. The van der Waals surface area contributed by atoms with Gasteiger partial charge in [-0.15, -0.1) is 0 Å². The first kappa shape index (κ1) is 8.93. The van der Waals surface area contributed by atoms with Crippen LogP contribution < -0.4 is 10.6 Å². The molecule has 0 saturated carbocycles. The van der Waals surface area contributed by atoms with Crippen LogP contribution in [-0.4, -0.2) is 28.5 Å². The number of amides is 1. The van der Waals surface area contributed by atoms with Gasteiger partial charge in [-0.05, 0) is 18.9 Å². The van der Waals surface area contributed by atoms with Gasteiger partial charge in [-0.25, -0.2) is 9.97 Å². The van der Waals surface area contributed by atoms with Crippen molar-refractivity contribution in [1.29, 1.82) is 0 Å². The Morgan fingerprint density at radius 1 is 1.50 bits per heavy atom. The van der Waals surface area contributed by atoms with Gasteiger partial charge in [-0.3, -0.25) is 4.79 Å². The third-order valence-electron chi connectivity index (χ3n) is 2.39. The van der Waals surface area contributed by atoms with Gasteiger partial charge >= 0.3 is 0 Å². The van der Waals surface area contributed by atoms with Gasteiger partial charge in [-0.2, -0.15) is 0 Å². The molecular weight excluding hydrogens is 180 g/mol. The highest BCUT2D eigenvalue weighted by molar-refractivity contribution is 5.83. The molecule has 0 aromatic carbocycles. The first-order valence-corrected chi connectivity index (χ1v) is 4.62. The molecule has 2 heterocycles. The van der Waals surface area contributed by atoms with Crippen LogP contribution in [0.4, 0.5) is 5.95 Å². The van der Waals surface area contributed by atoms with Crippen LogP contribution in [0, 0.1) is 0 Å². The van der Waals surface area contributed by atoms with Crippen LogP contribution in [0.15, 0.2) is 18.5 Å². The molecule has 1 aromatic heterocycles. The average molecular weight is 192 g/mol. The van der Waals surface area contributed by atoms with Crippen LogP contribution in [0.25, 0.3) is 0 Å². The highest BCUT2D eigenvalue weighted by atomic mass is 16.1. The summed E-state index contributed by atoms with van der Waals surface area (Å²) in [5.74, 6) is 0.295. The molecule has 1 fully saturated rings. The van der Waals surface area contributed by atoms with Crippen LogP contribution >= 0.6 is 0 Å². The van der Waals surface area contributed by atoms with Gasteiger partial charge in [0.15, 0.2) is 0 Å². The second-order valence-electron chi connectivity index (χ2n) is 3.30. The SMILES string of the molecule is NC(=O)C1CCCN1c1ncccn1. The Morgan fingerprint density at radius 2 is 2.21 bits per heavy atom. The monoisotopic (exact) mass is 192 g/mol. The van der Waals surface area contributed by atoms with E-state index in [0.717, 1.165) is 19.4 Å². The number of carbonyl (C=O) groups is 1. The summed E-state index contributed by atoms with van der Waals surface area (Å²) in [6, 6.07) is 1.51. The maximum Gasteiger partial charge on any atom is 0.240 e. The van der Waals surface area contributed by atoms with Crippen molar-refractivity contribution in [3.05, 3.63) is 18.5 Å². The highest BCUT2D eigenvalue weighted by Gasteiger charge is 2.30. The number of anilines is 1. The van der Waals surface area contributed by atoms with E-state index in [0.29, 0.717) is 5.95 Å². The maximum atomic E-state index is 11.1. The summed E-state index contributed by atoms with van der Waals surface area (Å²) in [5.41, 5.74) is 5.29. The lowest BCUT2D eigenvalue weighted by molar-refractivity contribution is -0.119. The van der Waals surface area contributed by atoms with Crippen molar-refractivity contribution < 1.29 is 4.79 Å². The lowest BCUT2D eigenvalue weighted by Gasteiger charge is -2.21. The third-order valence-corrected chi connectivity index (χ3v) is 2.39. The molecule has 1 amide bonds. The van der Waals surface area contributed by atoms with Crippen molar-refractivity contribution in [1.82, 2.24) is 9.97 Å². The van der Waals surface area contributed by atoms with Crippen molar-refractivity contribution >= 4 is 11.9 Å². The van der Waals surface area contributed by atoms with E-state index in [4.69, 9.17) is 5.73 Å². The first-order chi connectivity index (χ1) is 6.79. The molecule has 0 spiro atoms. The molecule has 5 heteroatoms. The smallest absolute Gasteiger partial charge is 0.240 e. The Labute approximate surface area is 82.0 Å². The van der Waals surface area contributed by atoms with E-state index in [1.165, 1.54) is 0 Å². The van der Waals surface area contributed by atoms with E-state index in [-0.39, 0.29) is 11.9 Å². The Kier molecular flexibility index (Phi) is 2.30. The molecular formula is C9H12N4O. The molecule has 2 rings (SSSR count). The predicted molar refractivity (Wildman–Crippen MR) is 51.6 cm³/mol. The van der Waals surface area contributed by atoms with Crippen molar-refractivity contribution in [2.75, 3.05) is 11.4 Å². The fourth-order valence-corrected chi connectivity index (χ4v) is 1.74. The molecule has 0 bridgehead atoms. The highest BCUT2D eigenvalue weighted by Crippen LogP contribution is 2.21. The minimum Gasteiger partial charge on any atom is -0.368 e. The fourth-order valence-electron chi connectivity index (χ4n) is 1.74. The Balaban J connectivity index is 2.22. The summed E-state index contributed by atoms with van der Waals surface area (Å²) >= 11 is 0. The summed E-state index contributed by atoms with van der Waals surface area (Å²) < 4.78 is 0. The van der Waals surface area contributed by atoms with Crippen molar-refractivity contribution in [3.8, 4) is 0 Å². The molecule has 74 valence electrons. The van der Waals surface area contributed by atoms with Gasteiger partial charge in [0, 0.05) is 18.9 Å². The van der Waals surface area contributed by atoms with Crippen molar-refractivity contribution in [2.45, 2.75) is 18.9 Å². The van der Waals surface area contributed by atoms with Crippen LogP contribution in [-0.2, 0) is 4.79 Å². The van der Waals surface area contributed by atoms with Crippen molar-refractivity contribution in [3.63, 3.8) is 0 Å². The second kappa shape index (κ2) is 3.61. The largest absolute Gasteiger partial charge is 0.368 e. The molecule has 1 unspecified atom stereocenters. The summed E-state index contributed by atoms with van der Waals surface area (Å²) in [6.07, 6.45) is 5.09. The molecule has 1 aliphatic heterocycles. The maximum absolute atomic E-state index is 11.1. The number of hydrogen-bond donors (Lipinski definition) is 1. The summed E-state index contributed by atoms with van der Waals surface area (Å²) in [7, 11) is 0. The Hall–Kier alpha value is -1.65. The molecule has 1 atom stereocenters. The molecule has 0 aliphatic carbocycles. The number of nitrogens with zero attached hydrogens (tertiary/aromatic N) is 3. The third kappa shape index (κ3) is 1.53. The lowest BCUT2D eigenvalue weighted by atomic mass is 10.2. The first-order valence-electron chi connectivity index (χ1n) is 4.62. The number of nitrogens with two attached hydrogens (primary N) is 1. The Morgan fingerprint density at radius 3 is 2.86 bits per heavy atom. The van der Waals surface area contributed by atoms with Gasteiger partial charge < -0.3 is 10.6 Å². The zero-order valence-corrected chi connectivity index (χ0v) is 7.76. The minimum absolute atomic E-state index is 0.239. The standard InChI is InChI=1S/C9H12N4O/c10-8(14)7-3-1-6-13(7)9-11-4-2-5-12-9/h2,4-5,7H,1,3,6H2,(H2,10,14). The van der Waals surface area contributed by atoms with Gasteiger partial charge in [0.05, 0.1) is 0 Å². The number of primary amides is 1. The zero-order chi connectivity index (χ0) is 9.97. The van der Waals surface area contributed by atoms with Gasteiger partial charge in [-0.1, -0.05) is 0 Å². The van der Waals surface area contributed by atoms with Crippen LogP contribution in [0.1, 0.15) is 12.8 Å². The van der Waals surface area contributed by atoms with E-state index < -0.39 is 0 Å². The van der Waals surface area contributed by atoms with E-state index >= 15 is 0 Å². The number of carbonyl (C=O) groups excluding carboxylic acids is 1. The quantitative estimate of drug-likeness (QED) is 0.712. The number of rotatable bonds is 2. The summed E-state index contributed by atoms with van der Waals surface area (Å²) in [6.45, 7) is 0.803. The normalized spacial score (nSPS) is 21.1. The van der Waals surface area contributed by atoms with E-state index in [1.807, 2.05) is 4.90 Å². The predicted octanol–water partition coefficient (Wildman–Crippen LogP) is -0.0693. The summed E-state index contributed by atoms with van der Waals surface area (Å²) in [5, 5.41) is 0. The topological polar surface area (TPSA) is 72.1 Å². The van der Waals surface area contributed by atoms with E-state index in [9.17, 15) is 4.79 Å². The van der Waals surface area contributed by atoms with Gasteiger partial charge in [0.25, 0.3) is 0 Å². The molecule has 1 aliphatic rings. The van der Waals surface area contributed by atoms with Gasteiger partial charge in [0.2, 0.25) is 11.9 Å². The van der Waals surface area contributed by atoms with Crippen LogP contribution in [0.5, 0.6) is 0 Å². The van der Waals surface area contributed by atoms with E-state index in [2.05, 4.69) is 9.97 Å². The molecule has 5 nitrogen and oxygen atoms in total. The number of aromatic nitrogens is 2. The molecule has 0 radical (unpaired) electrons. The molecule has 1 aromatic rings. The van der Waals surface area contributed by atoms with Crippen molar-refractivity contribution in [2.24, 2.45) is 5.73 Å². The van der Waals surface area contributed by atoms with E-state index in [1.54, 1.807) is 18.5 Å². The molecule has 14 heavy (non-hydrogen) atoms. The van der Waals surface area contributed by atoms with Crippen LogP contribution in [0.3, 0.4) is 0 Å². The molecule has 1 saturated heterocycles. The Bertz CT molecular complexity index is 327. The fraction of sp³-hybridized carbons (Fsp3) is 0.444. The number of hydrogen-bond acceptors (Lipinski definition) is 4. The zero-order valence-electron chi connectivity index (χ0n) is 7.76.